The Labute approximate surface area is 104 Å². The Bertz CT molecular complexity index is 272. The highest BCUT2D eigenvalue weighted by molar-refractivity contribution is 4.96. The van der Waals surface area contributed by atoms with Crippen molar-refractivity contribution in [1.29, 1.82) is 5.26 Å². The predicted octanol–water partition coefficient (Wildman–Crippen LogP) is 1.13. The minimum Gasteiger partial charge on any atom is -0.376 e. The van der Waals surface area contributed by atoms with Gasteiger partial charge in [-0.15, -0.1) is 0 Å². The Balaban J connectivity index is 1.67. The molecule has 0 amide bonds. The van der Waals surface area contributed by atoms with E-state index in [1.807, 2.05) is 0 Å². The van der Waals surface area contributed by atoms with E-state index in [4.69, 9.17) is 10.00 Å². The first-order chi connectivity index (χ1) is 8.31. The molecule has 17 heavy (non-hydrogen) atoms. The summed E-state index contributed by atoms with van der Waals surface area (Å²) in [5.41, 5.74) is 0. The lowest BCUT2D eigenvalue weighted by Crippen LogP contribution is -2.44. The predicted molar refractivity (Wildman–Crippen MR) is 66.6 cm³/mol. The Kier molecular flexibility index (Phi) is 4.78. The van der Waals surface area contributed by atoms with Crippen LogP contribution < -0.4 is 5.32 Å². The molecule has 2 atom stereocenters. The lowest BCUT2D eigenvalue weighted by molar-refractivity contribution is -0.0301. The number of ether oxygens (including phenoxy) is 1. The highest BCUT2D eigenvalue weighted by Crippen LogP contribution is 2.20. The largest absolute Gasteiger partial charge is 0.376 e. The molecule has 1 N–H and O–H groups in total. The van der Waals surface area contributed by atoms with Crippen LogP contribution in [0.15, 0.2) is 0 Å². The van der Waals surface area contributed by atoms with E-state index in [9.17, 15) is 0 Å². The normalized spacial score (nSPS) is 27.6. The first kappa shape index (κ1) is 12.8. The van der Waals surface area contributed by atoms with Crippen LogP contribution in [0.1, 0.15) is 32.6 Å². The quantitative estimate of drug-likeness (QED) is 0.752. The van der Waals surface area contributed by atoms with Gasteiger partial charge in [-0.05, 0) is 25.7 Å². The monoisotopic (exact) mass is 237 g/mol. The molecule has 0 radical (unpaired) electrons. The third-order valence-corrected chi connectivity index (χ3v) is 3.58. The summed E-state index contributed by atoms with van der Waals surface area (Å²) >= 11 is 0. The van der Waals surface area contributed by atoms with Crippen molar-refractivity contribution in [3.63, 3.8) is 0 Å². The second kappa shape index (κ2) is 6.34. The van der Waals surface area contributed by atoms with Gasteiger partial charge in [0.2, 0.25) is 0 Å². The van der Waals surface area contributed by atoms with Gasteiger partial charge in [-0.1, -0.05) is 6.92 Å². The van der Waals surface area contributed by atoms with Crippen LogP contribution in [-0.2, 0) is 4.74 Å². The summed E-state index contributed by atoms with van der Waals surface area (Å²) in [7, 11) is 0. The molecule has 4 heteroatoms. The topological polar surface area (TPSA) is 48.3 Å². The average Bonchev–Trinajstić information content (AvgIpc) is 3.18. The number of hydrogen-bond donors (Lipinski definition) is 1. The van der Waals surface area contributed by atoms with Crippen molar-refractivity contribution >= 4 is 0 Å². The summed E-state index contributed by atoms with van der Waals surface area (Å²) in [5.74, 6) is 0. The van der Waals surface area contributed by atoms with Gasteiger partial charge in [0.1, 0.15) is 0 Å². The molecule has 2 aliphatic rings. The standard InChI is InChI=1S/C13H23N3O/c1-2-13-10-16(7-8-17-13)6-5-12(9-14)15-11-3-4-11/h11-13,15H,2-8,10H2,1H3. The second-order valence-electron chi connectivity index (χ2n) is 5.11. The zero-order valence-electron chi connectivity index (χ0n) is 10.7. The number of nitrogens with zero attached hydrogens (tertiary/aromatic N) is 2. The third kappa shape index (κ3) is 4.27. The molecule has 96 valence electrons. The maximum absolute atomic E-state index is 9.07. The highest BCUT2D eigenvalue weighted by Gasteiger charge is 2.25. The van der Waals surface area contributed by atoms with Crippen molar-refractivity contribution < 1.29 is 4.74 Å². The van der Waals surface area contributed by atoms with Crippen LogP contribution in [-0.4, -0.2) is 49.3 Å². The molecule has 2 rings (SSSR count). The van der Waals surface area contributed by atoms with Crippen molar-refractivity contribution in [1.82, 2.24) is 10.2 Å². The van der Waals surface area contributed by atoms with Crippen LogP contribution in [0.4, 0.5) is 0 Å². The van der Waals surface area contributed by atoms with Crippen molar-refractivity contribution in [2.45, 2.75) is 50.8 Å². The van der Waals surface area contributed by atoms with E-state index >= 15 is 0 Å². The van der Waals surface area contributed by atoms with Crippen molar-refractivity contribution in [3.05, 3.63) is 0 Å². The summed E-state index contributed by atoms with van der Waals surface area (Å²) < 4.78 is 5.64. The molecule has 0 aromatic heterocycles. The van der Waals surface area contributed by atoms with Crippen LogP contribution in [0.5, 0.6) is 0 Å². The SMILES string of the molecule is CCC1CN(CCC(C#N)NC2CC2)CCO1. The summed E-state index contributed by atoms with van der Waals surface area (Å²) in [6, 6.07) is 3.02. The van der Waals surface area contributed by atoms with Crippen LogP contribution in [0, 0.1) is 11.3 Å². The fourth-order valence-electron chi connectivity index (χ4n) is 2.26. The molecular weight excluding hydrogens is 214 g/mol. The zero-order chi connectivity index (χ0) is 12.1. The van der Waals surface area contributed by atoms with Gasteiger partial charge >= 0.3 is 0 Å². The molecule has 1 aliphatic heterocycles. The smallest absolute Gasteiger partial charge is 0.0967 e. The van der Waals surface area contributed by atoms with Gasteiger partial charge in [0.05, 0.1) is 24.8 Å². The van der Waals surface area contributed by atoms with Crippen LogP contribution in [0.2, 0.25) is 0 Å². The Hall–Kier alpha value is -0.630. The van der Waals surface area contributed by atoms with Crippen LogP contribution >= 0.6 is 0 Å². The maximum atomic E-state index is 9.07. The summed E-state index contributed by atoms with van der Waals surface area (Å²) in [6.07, 6.45) is 4.89. The van der Waals surface area contributed by atoms with E-state index in [1.54, 1.807) is 0 Å². The van der Waals surface area contributed by atoms with Gasteiger partial charge in [0.15, 0.2) is 0 Å². The van der Waals surface area contributed by atoms with E-state index in [2.05, 4.69) is 23.2 Å². The summed E-state index contributed by atoms with van der Waals surface area (Å²) in [4.78, 5) is 2.43. The molecule has 2 unspecified atom stereocenters. The number of morpholine rings is 1. The molecule has 1 aliphatic carbocycles. The number of nitrogens with one attached hydrogen (secondary N) is 1. The fraction of sp³-hybridized carbons (Fsp3) is 0.923. The van der Waals surface area contributed by atoms with Crippen LogP contribution in [0.25, 0.3) is 0 Å². The first-order valence-electron chi connectivity index (χ1n) is 6.81. The minimum absolute atomic E-state index is 0.0328. The first-order valence-corrected chi connectivity index (χ1v) is 6.81. The number of nitriles is 1. The highest BCUT2D eigenvalue weighted by atomic mass is 16.5. The summed E-state index contributed by atoms with van der Waals surface area (Å²) in [5, 5.41) is 12.5. The van der Waals surface area contributed by atoms with Crippen molar-refractivity contribution in [3.8, 4) is 6.07 Å². The summed E-state index contributed by atoms with van der Waals surface area (Å²) in [6.45, 7) is 6.06. The second-order valence-corrected chi connectivity index (χ2v) is 5.11. The van der Waals surface area contributed by atoms with E-state index < -0.39 is 0 Å². The lowest BCUT2D eigenvalue weighted by atomic mass is 10.1. The molecule has 0 bridgehead atoms. The average molecular weight is 237 g/mol. The van der Waals surface area contributed by atoms with Crippen LogP contribution in [0.3, 0.4) is 0 Å². The Morgan fingerprint density at radius 2 is 2.35 bits per heavy atom. The third-order valence-electron chi connectivity index (χ3n) is 3.58. The maximum Gasteiger partial charge on any atom is 0.0967 e. The molecule has 2 fully saturated rings. The van der Waals surface area contributed by atoms with Gasteiger partial charge in [-0.3, -0.25) is 10.2 Å². The number of hydrogen-bond acceptors (Lipinski definition) is 4. The van der Waals surface area contributed by atoms with E-state index in [1.165, 1.54) is 12.8 Å². The van der Waals surface area contributed by atoms with Gasteiger partial charge in [0.25, 0.3) is 0 Å². The number of rotatable bonds is 6. The van der Waals surface area contributed by atoms with Gasteiger partial charge in [-0.25, -0.2) is 0 Å². The lowest BCUT2D eigenvalue weighted by Gasteiger charge is -2.32. The van der Waals surface area contributed by atoms with Crippen molar-refractivity contribution in [2.75, 3.05) is 26.2 Å². The molecule has 0 aromatic carbocycles. The molecule has 1 saturated carbocycles. The van der Waals surface area contributed by atoms with Gasteiger partial charge in [-0.2, -0.15) is 5.26 Å². The van der Waals surface area contributed by atoms with E-state index in [0.717, 1.165) is 39.1 Å². The molecule has 1 saturated heterocycles. The van der Waals surface area contributed by atoms with E-state index in [-0.39, 0.29) is 6.04 Å². The van der Waals surface area contributed by atoms with E-state index in [0.29, 0.717) is 12.1 Å². The molecule has 1 heterocycles. The Morgan fingerprint density at radius 3 is 3.00 bits per heavy atom. The fourth-order valence-corrected chi connectivity index (χ4v) is 2.26. The molecule has 0 aromatic rings. The van der Waals surface area contributed by atoms with Crippen molar-refractivity contribution in [2.24, 2.45) is 0 Å². The Morgan fingerprint density at radius 1 is 1.53 bits per heavy atom. The van der Waals surface area contributed by atoms with Gasteiger partial charge in [0, 0.05) is 25.7 Å². The molecule has 0 spiro atoms. The molecule has 4 nitrogen and oxygen atoms in total. The zero-order valence-corrected chi connectivity index (χ0v) is 10.7. The van der Waals surface area contributed by atoms with Gasteiger partial charge < -0.3 is 4.74 Å². The minimum atomic E-state index is 0.0328. The molecular formula is C13H23N3O.